The highest BCUT2D eigenvalue weighted by Crippen LogP contribution is 2.68. The van der Waals surface area contributed by atoms with E-state index in [2.05, 4.69) is 5.32 Å². The molecule has 1 unspecified atom stereocenters. The van der Waals surface area contributed by atoms with Crippen LogP contribution in [0.5, 0.6) is 0 Å². The Morgan fingerprint density at radius 3 is 2.40 bits per heavy atom. The molecule has 1 heterocycles. The van der Waals surface area contributed by atoms with Crippen molar-refractivity contribution in [1.82, 2.24) is 5.32 Å². The first-order valence-corrected chi connectivity index (χ1v) is 4.60. The molecule has 4 fully saturated rings. The van der Waals surface area contributed by atoms with E-state index in [4.69, 9.17) is 0 Å². The first-order valence-electron chi connectivity index (χ1n) is 4.60. The molecule has 1 atom stereocenters. The van der Waals surface area contributed by atoms with Crippen LogP contribution in [0.4, 0.5) is 0 Å². The highest BCUT2D eigenvalue weighted by Gasteiger charge is 2.60. The average Bonchev–Trinajstić information content (AvgIpc) is 2.06. The van der Waals surface area contributed by atoms with Crippen molar-refractivity contribution in [2.45, 2.75) is 25.7 Å². The topological polar surface area (TPSA) is 12.0 Å². The zero-order chi connectivity index (χ0) is 6.60. The summed E-state index contributed by atoms with van der Waals surface area (Å²) in [5.74, 6) is 2.23. The summed E-state index contributed by atoms with van der Waals surface area (Å²) >= 11 is 0. The maximum absolute atomic E-state index is 3.47. The molecule has 1 nitrogen and oxygen atoms in total. The van der Waals surface area contributed by atoms with E-state index in [9.17, 15) is 0 Å². The van der Waals surface area contributed by atoms with E-state index in [1.54, 1.807) is 19.3 Å². The Hall–Kier alpha value is -0.0400. The van der Waals surface area contributed by atoms with Crippen molar-refractivity contribution in [2.24, 2.45) is 17.3 Å². The zero-order valence-electron chi connectivity index (χ0n) is 6.40. The van der Waals surface area contributed by atoms with Crippen molar-refractivity contribution < 1.29 is 0 Å². The summed E-state index contributed by atoms with van der Waals surface area (Å²) in [6.07, 6.45) is 6.21. The third kappa shape index (κ3) is 0.493. The lowest BCUT2D eigenvalue weighted by molar-refractivity contribution is -0.145. The predicted molar refractivity (Wildman–Crippen MR) is 40.8 cm³/mol. The Labute approximate surface area is 62.2 Å². The van der Waals surface area contributed by atoms with E-state index in [1.807, 2.05) is 0 Å². The second-order valence-corrected chi connectivity index (χ2v) is 4.53. The van der Waals surface area contributed by atoms with Crippen LogP contribution in [-0.2, 0) is 0 Å². The summed E-state index contributed by atoms with van der Waals surface area (Å²) < 4.78 is 0. The van der Waals surface area contributed by atoms with E-state index in [1.165, 1.54) is 25.4 Å². The van der Waals surface area contributed by atoms with Gasteiger partial charge in [-0.05, 0) is 56.0 Å². The molecule has 1 saturated heterocycles. The Morgan fingerprint density at radius 2 is 2.00 bits per heavy atom. The average molecular weight is 137 g/mol. The van der Waals surface area contributed by atoms with Crippen molar-refractivity contribution in [1.29, 1.82) is 0 Å². The van der Waals surface area contributed by atoms with Gasteiger partial charge in [-0.1, -0.05) is 0 Å². The van der Waals surface area contributed by atoms with Crippen LogP contribution in [0, 0.1) is 17.3 Å². The summed E-state index contributed by atoms with van der Waals surface area (Å²) in [5.41, 5.74) is 0.883. The molecule has 4 aliphatic rings. The van der Waals surface area contributed by atoms with Crippen LogP contribution in [0.2, 0.25) is 0 Å². The Balaban J connectivity index is 1.74. The van der Waals surface area contributed by atoms with Gasteiger partial charge in [0, 0.05) is 0 Å². The molecule has 56 valence electrons. The second-order valence-electron chi connectivity index (χ2n) is 4.53. The molecule has 3 aliphatic carbocycles. The van der Waals surface area contributed by atoms with Crippen molar-refractivity contribution in [3.8, 4) is 0 Å². The molecule has 0 aromatic rings. The predicted octanol–water partition coefficient (Wildman–Crippen LogP) is 1.40. The van der Waals surface area contributed by atoms with E-state index >= 15 is 0 Å². The van der Waals surface area contributed by atoms with Crippen LogP contribution in [0.25, 0.3) is 0 Å². The SMILES string of the molecule is C1CC(C23CC(C2)C3)CN1. The summed E-state index contributed by atoms with van der Waals surface area (Å²) in [5, 5.41) is 3.47. The quantitative estimate of drug-likeness (QED) is 0.576. The van der Waals surface area contributed by atoms with Crippen molar-refractivity contribution in [2.75, 3.05) is 13.1 Å². The van der Waals surface area contributed by atoms with Gasteiger partial charge in [-0.3, -0.25) is 0 Å². The fourth-order valence-corrected chi connectivity index (χ4v) is 3.22. The van der Waals surface area contributed by atoms with Gasteiger partial charge in [0.1, 0.15) is 0 Å². The Kier molecular flexibility index (Phi) is 0.883. The van der Waals surface area contributed by atoms with Crippen molar-refractivity contribution >= 4 is 0 Å². The van der Waals surface area contributed by atoms with Gasteiger partial charge < -0.3 is 5.32 Å². The van der Waals surface area contributed by atoms with Gasteiger partial charge in [-0.2, -0.15) is 0 Å². The molecule has 0 spiro atoms. The van der Waals surface area contributed by atoms with Crippen LogP contribution in [0.1, 0.15) is 25.7 Å². The number of nitrogens with one attached hydrogen (secondary N) is 1. The molecule has 0 aromatic carbocycles. The molecule has 1 N–H and O–H groups in total. The third-order valence-corrected chi connectivity index (χ3v) is 4.01. The number of hydrogen-bond donors (Lipinski definition) is 1. The molecule has 10 heavy (non-hydrogen) atoms. The summed E-state index contributed by atoms with van der Waals surface area (Å²) in [7, 11) is 0. The fourth-order valence-electron chi connectivity index (χ4n) is 3.22. The van der Waals surface area contributed by atoms with Gasteiger partial charge in [0.25, 0.3) is 0 Å². The van der Waals surface area contributed by atoms with Gasteiger partial charge in [-0.25, -0.2) is 0 Å². The Bertz CT molecular complexity index is 141. The zero-order valence-corrected chi connectivity index (χ0v) is 6.40. The maximum Gasteiger partial charge on any atom is -0.00147 e. The molecule has 1 heteroatoms. The number of rotatable bonds is 1. The van der Waals surface area contributed by atoms with Gasteiger partial charge in [0.2, 0.25) is 0 Å². The van der Waals surface area contributed by atoms with Crippen LogP contribution >= 0.6 is 0 Å². The number of hydrogen-bond acceptors (Lipinski definition) is 1. The second kappa shape index (κ2) is 1.58. The first-order chi connectivity index (χ1) is 4.89. The van der Waals surface area contributed by atoms with Crippen molar-refractivity contribution in [3.63, 3.8) is 0 Å². The van der Waals surface area contributed by atoms with E-state index in [0.29, 0.717) is 0 Å². The summed E-state index contributed by atoms with van der Waals surface area (Å²) in [6, 6.07) is 0. The van der Waals surface area contributed by atoms with Gasteiger partial charge >= 0.3 is 0 Å². The molecule has 4 rings (SSSR count). The largest absolute Gasteiger partial charge is 0.316 e. The van der Waals surface area contributed by atoms with Crippen LogP contribution < -0.4 is 5.32 Å². The van der Waals surface area contributed by atoms with Crippen LogP contribution in [-0.4, -0.2) is 13.1 Å². The normalized spacial score (nSPS) is 57.6. The summed E-state index contributed by atoms with van der Waals surface area (Å²) in [6.45, 7) is 2.61. The molecule has 3 saturated carbocycles. The monoisotopic (exact) mass is 137 g/mol. The van der Waals surface area contributed by atoms with Crippen LogP contribution in [0.15, 0.2) is 0 Å². The van der Waals surface area contributed by atoms with Gasteiger partial charge in [-0.15, -0.1) is 0 Å². The molecule has 2 bridgehead atoms. The third-order valence-electron chi connectivity index (χ3n) is 4.01. The van der Waals surface area contributed by atoms with Gasteiger partial charge in [0.15, 0.2) is 0 Å². The van der Waals surface area contributed by atoms with Gasteiger partial charge in [0.05, 0.1) is 0 Å². The molecule has 1 aliphatic heterocycles. The standard InChI is InChI=1S/C9H15N/c1-2-10-6-8(1)9-3-7(4-9)5-9/h7-8,10H,1-6H2. The van der Waals surface area contributed by atoms with E-state index < -0.39 is 0 Å². The minimum atomic E-state index is 0.883. The molecule has 0 radical (unpaired) electrons. The highest BCUT2D eigenvalue weighted by molar-refractivity contribution is 5.11. The summed E-state index contributed by atoms with van der Waals surface area (Å²) in [4.78, 5) is 0. The van der Waals surface area contributed by atoms with Crippen LogP contribution in [0.3, 0.4) is 0 Å². The first kappa shape index (κ1) is 5.59. The van der Waals surface area contributed by atoms with E-state index in [0.717, 1.165) is 11.3 Å². The minimum absolute atomic E-state index is 0.883. The fraction of sp³-hybridized carbons (Fsp3) is 1.00. The minimum Gasteiger partial charge on any atom is -0.316 e. The molecular weight excluding hydrogens is 122 g/mol. The lowest BCUT2D eigenvalue weighted by Gasteiger charge is -2.65. The smallest absolute Gasteiger partial charge is 0.00147 e. The van der Waals surface area contributed by atoms with E-state index in [-0.39, 0.29) is 0 Å². The highest BCUT2D eigenvalue weighted by atomic mass is 14.9. The van der Waals surface area contributed by atoms with Crippen molar-refractivity contribution in [3.05, 3.63) is 0 Å². The lowest BCUT2D eigenvalue weighted by Crippen LogP contribution is -2.56. The molecular formula is C9H15N. The molecule has 0 amide bonds. The maximum atomic E-state index is 3.47. The molecule has 0 aromatic heterocycles. The lowest BCUT2D eigenvalue weighted by atomic mass is 9.40. The Morgan fingerprint density at radius 1 is 1.20 bits per heavy atom.